The predicted octanol–water partition coefficient (Wildman–Crippen LogP) is 4.37. The van der Waals surface area contributed by atoms with Crippen LogP contribution in [0.2, 0.25) is 0 Å². The lowest BCUT2D eigenvalue weighted by Crippen LogP contribution is -2.23. The van der Waals surface area contributed by atoms with Gasteiger partial charge in [0.25, 0.3) is 5.69 Å². The summed E-state index contributed by atoms with van der Waals surface area (Å²) in [6.45, 7) is 4.67. The van der Waals surface area contributed by atoms with Crippen LogP contribution in [0.5, 0.6) is 0 Å². The summed E-state index contributed by atoms with van der Waals surface area (Å²) in [6, 6.07) is 5.81. The van der Waals surface area contributed by atoms with Crippen molar-refractivity contribution in [2.45, 2.75) is 68.8 Å². The Morgan fingerprint density at radius 1 is 1.29 bits per heavy atom. The number of nitro benzene ring substituents is 1. The maximum Gasteiger partial charge on any atom is 0.269 e. The highest BCUT2D eigenvalue weighted by Gasteiger charge is 2.25. The zero-order valence-corrected chi connectivity index (χ0v) is 16.9. The largest absolute Gasteiger partial charge is 0.325 e. The first-order valence-electron chi connectivity index (χ1n) is 9.64. The molecule has 150 valence electrons. The topological polar surface area (TPSA) is 103 Å². The fraction of sp³-hybridized carbons (Fsp3) is 0.526. The zero-order valence-electron chi connectivity index (χ0n) is 16.1. The van der Waals surface area contributed by atoms with Crippen LogP contribution in [0, 0.1) is 10.1 Å². The molecular formula is C19H25N5O3S. The molecule has 0 bridgehead atoms. The molecule has 1 heterocycles. The molecule has 1 atom stereocenters. The molecule has 1 aromatic carbocycles. The molecular weight excluding hydrogens is 378 g/mol. The number of hydrogen-bond acceptors (Lipinski definition) is 6. The number of nitro groups is 1. The number of thioether (sulfide) groups is 1. The van der Waals surface area contributed by atoms with Gasteiger partial charge in [-0.2, -0.15) is 0 Å². The Morgan fingerprint density at radius 2 is 1.96 bits per heavy atom. The van der Waals surface area contributed by atoms with E-state index in [0.717, 1.165) is 30.4 Å². The summed E-state index contributed by atoms with van der Waals surface area (Å²) in [7, 11) is 0. The quantitative estimate of drug-likeness (QED) is 0.418. The van der Waals surface area contributed by atoms with Crippen molar-refractivity contribution in [3.63, 3.8) is 0 Å². The van der Waals surface area contributed by atoms with Gasteiger partial charge in [-0.15, -0.1) is 10.2 Å². The Morgan fingerprint density at radius 3 is 2.57 bits per heavy atom. The third-order valence-electron chi connectivity index (χ3n) is 5.03. The average Bonchev–Trinajstić information content (AvgIpc) is 3.11. The molecule has 9 heteroatoms. The summed E-state index contributed by atoms with van der Waals surface area (Å²) < 4.78 is 2.12. The van der Waals surface area contributed by atoms with Crippen LogP contribution < -0.4 is 5.32 Å². The molecule has 2 aromatic rings. The summed E-state index contributed by atoms with van der Waals surface area (Å²) in [6.07, 6.45) is 6.06. The van der Waals surface area contributed by atoms with Gasteiger partial charge in [0.15, 0.2) is 5.16 Å². The van der Waals surface area contributed by atoms with E-state index < -0.39 is 4.92 Å². The number of carbonyl (C=O) groups is 1. The van der Waals surface area contributed by atoms with Gasteiger partial charge in [0.1, 0.15) is 5.82 Å². The second-order valence-electron chi connectivity index (χ2n) is 6.97. The number of carbonyl (C=O) groups excluding carboxylic acids is 1. The third kappa shape index (κ3) is 4.70. The lowest BCUT2D eigenvalue weighted by Gasteiger charge is -2.21. The first-order chi connectivity index (χ1) is 13.5. The van der Waals surface area contributed by atoms with Crippen LogP contribution in [-0.4, -0.2) is 30.8 Å². The minimum Gasteiger partial charge on any atom is -0.325 e. The summed E-state index contributed by atoms with van der Waals surface area (Å²) in [5, 5.41) is 22.7. The predicted molar refractivity (Wildman–Crippen MR) is 109 cm³/mol. The highest BCUT2D eigenvalue weighted by Crippen LogP contribution is 2.34. The van der Waals surface area contributed by atoms with Gasteiger partial charge in [0, 0.05) is 30.3 Å². The van der Waals surface area contributed by atoms with Gasteiger partial charge in [-0.1, -0.05) is 31.0 Å². The number of nitrogens with one attached hydrogen (secondary N) is 1. The number of amides is 1. The summed E-state index contributed by atoms with van der Waals surface area (Å²) in [5.74, 6) is 1.32. The normalized spacial score (nSPS) is 15.9. The molecule has 1 saturated carbocycles. The molecule has 1 aliphatic carbocycles. The van der Waals surface area contributed by atoms with E-state index in [1.807, 2.05) is 6.92 Å². The van der Waals surface area contributed by atoms with E-state index in [0.29, 0.717) is 11.6 Å². The Bertz CT molecular complexity index is 831. The highest BCUT2D eigenvalue weighted by molar-refractivity contribution is 8.00. The van der Waals surface area contributed by atoms with E-state index in [9.17, 15) is 14.9 Å². The Hall–Kier alpha value is -2.42. The number of aromatic nitrogens is 3. The Kier molecular flexibility index (Phi) is 6.66. The number of rotatable bonds is 7. The van der Waals surface area contributed by atoms with E-state index in [-0.39, 0.29) is 16.8 Å². The molecule has 8 nitrogen and oxygen atoms in total. The van der Waals surface area contributed by atoms with Crippen molar-refractivity contribution in [1.82, 2.24) is 14.8 Å². The van der Waals surface area contributed by atoms with Gasteiger partial charge in [-0.05, 0) is 38.8 Å². The fourth-order valence-electron chi connectivity index (χ4n) is 3.47. The number of anilines is 1. The fourth-order valence-corrected chi connectivity index (χ4v) is 4.39. The van der Waals surface area contributed by atoms with Crippen molar-refractivity contribution in [1.29, 1.82) is 0 Å². The molecule has 0 unspecified atom stereocenters. The van der Waals surface area contributed by atoms with Crippen LogP contribution in [-0.2, 0) is 11.3 Å². The first-order valence-corrected chi connectivity index (χ1v) is 10.5. The number of nitrogens with zero attached hydrogens (tertiary/aromatic N) is 4. The van der Waals surface area contributed by atoms with Gasteiger partial charge in [-0.25, -0.2) is 0 Å². The van der Waals surface area contributed by atoms with Crippen molar-refractivity contribution >= 4 is 29.0 Å². The van der Waals surface area contributed by atoms with E-state index in [1.165, 1.54) is 55.3 Å². The summed E-state index contributed by atoms with van der Waals surface area (Å²) >= 11 is 1.38. The highest BCUT2D eigenvalue weighted by atomic mass is 32.2. The monoisotopic (exact) mass is 403 g/mol. The minimum atomic E-state index is -0.467. The van der Waals surface area contributed by atoms with Crippen LogP contribution in [0.25, 0.3) is 0 Å². The van der Waals surface area contributed by atoms with Gasteiger partial charge in [-0.3, -0.25) is 14.9 Å². The lowest BCUT2D eigenvalue weighted by molar-refractivity contribution is -0.384. The second kappa shape index (κ2) is 9.18. The van der Waals surface area contributed by atoms with E-state index in [4.69, 9.17) is 0 Å². The van der Waals surface area contributed by atoms with E-state index in [2.05, 4.69) is 27.0 Å². The van der Waals surface area contributed by atoms with Gasteiger partial charge >= 0.3 is 0 Å². The van der Waals surface area contributed by atoms with Crippen molar-refractivity contribution in [3.8, 4) is 0 Å². The first kappa shape index (κ1) is 20.3. The average molecular weight is 404 g/mol. The van der Waals surface area contributed by atoms with Crippen molar-refractivity contribution in [2.75, 3.05) is 5.32 Å². The summed E-state index contributed by atoms with van der Waals surface area (Å²) in [4.78, 5) is 22.8. The minimum absolute atomic E-state index is 0.00767. The molecule has 0 radical (unpaired) electrons. The number of non-ortho nitro benzene ring substituents is 1. The van der Waals surface area contributed by atoms with Crippen LogP contribution in [0.3, 0.4) is 0 Å². The van der Waals surface area contributed by atoms with Crippen molar-refractivity contribution < 1.29 is 9.72 Å². The summed E-state index contributed by atoms with van der Waals surface area (Å²) in [5.41, 5.74) is 0.523. The third-order valence-corrected chi connectivity index (χ3v) is 6.11. The SMILES string of the molecule is CCn1c(S[C@H](C)C(=O)Nc2ccc([N+](=O)[O-])cc2)nnc1C1CCCCC1. The molecule has 0 spiro atoms. The maximum absolute atomic E-state index is 12.5. The molecule has 1 N–H and O–H groups in total. The van der Waals surface area contributed by atoms with Crippen LogP contribution in [0.15, 0.2) is 29.4 Å². The van der Waals surface area contributed by atoms with E-state index >= 15 is 0 Å². The molecule has 1 aromatic heterocycles. The molecule has 1 aliphatic rings. The van der Waals surface area contributed by atoms with Crippen LogP contribution in [0.1, 0.15) is 57.7 Å². The molecule has 3 rings (SSSR count). The van der Waals surface area contributed by atoms with Crippen LogP contribution in [0.4, 0.5) is 11.4 Å². The number of hydrogen-bond donors (Lipinski definition) is 1. The number of benzene rings is 1. The molecule has 1 fully saturated rings. The van der Waals surface area contributed by atoms with E-state index in [1.54, 1.807) is 0 Å². The smallest absolute Gasteiger partial charge is 0.269 e. The zero-order chi connectivity index (χ0) is 20.1. The lowest BCUT2D eigenvalue weighted by atomic mass is 9.89. The molecule has 28 heavy (non-hydrogen) atoms. The second-order valence-corrected chi connectivity index (χ2v) is 8.28. The molecule has 0 aliphatic heterocycles. The van der Waals surface area contributed by atoms with Gasteiger partial charge in [0.05, 0.1) is 10.2 Å². The van der Waals surface area contributed by atoms with Gasteiger partial charge in [0.2, 0.25) is 5.91 Å². The van der Waals surface area contributed by atoms with Crippen molar-refractivity contribution in [3.05, 3.63) is 40.2 Å². The van der Waals surface area contributed by atoms with Gasteiger partial charge < -0.3 is 9.88 Å². The molecule has 1 amide bonds. The Balaban J connectivity index is 1.64. The van der Waals surface area contributed by atoms with Crippen molar-refractivity contribution in [2.24, 2.45) is 0 Å². The maximum atomic E-state index is 12.5. The standard InChI is InChI=1S/C19H25N5O3S/c1-3-23-17(14-7-5-4-6-8-14)21-22-19(23)28-13(2)18(25)20-15-9-11-16(12-10-15)24(26)27/h9-14H,3-8H2,1-2H3,(H,20,25)/t13-/m1/s1. The Labute approximate surface area is 168 Å². The molecule has 0 saturated heterocycles. The van der Waals surface area contributed by atoms with Crippen LogP contribution >= 0.6 is 11.8 Å².